The predicted molar refractivity (Wildman–Crippen MR) is 110 cm³/mol. The molecule has 0 spiro atoms. The first kappa shape index (κ1) is 20.5. The Morgan fingerprint density at radius 3 is 2.41 bits per heavy atom. The fraction of sp³-hybridized carbons (Fsp3) is 0.318. The van der Waals surface area contributed by atoms with Crippen molar-refractivity contribution in [1.29, 1.82) is 0 Å². The molecule has 144 valence electrons. The van der Waals surface area contributed by atoms with Crippen LogP contribution < -0.4 is 20.5 Å². The Balaban J connectivity index is 2.01. The summed E-state index contributed by atoms with van der Waals surface area (Å²) in [6.07, 6.45) is 3.30. The molecule has 0 atom stereocenters. The molecule has 2 rings (SSSR count). The van der Waals surface area contributed by atoms with E-state index in [2.05, 4.69) is 38.2 Å². The zero-order valence-electron chi connectivity index (χ0n) is 16.4. The number of methoxy groups -OCH3 is 1. The highest BCUT2D eigenvalue weighted by Crippen LogP contribution is 2.30. The van der Waals surface area contributed by atoms with Crippen LogP contribution >= 0.6 is 0 Å². The van der Waals surface area contributed by atoms with Gasteiger partial charge in [0.2, 0.25) is 5.91 Å². The molecule has 0 aromatic heterocycles. The molecule has 5 heteroatoms. The predicted octanol–water partition coefficient (Wildman–Crippen LogP) is 3.98. The maximum absolute atomic E-state index is 12.2. The molecule has 0 aliphatic rings. The van der Waals surface area contributed by atoms with Crippen LogP contribution in [0.1, 0.15) is 31.9 Å². The van der Waals surface area contributed by atoms with Crippen LogP contribution in [0.2, 0.25) is 0 Å². The lowest BCUT2D eigenvalue weighted by Gasteiger charge is -2.18. The number of benzene rings is 2. The van der Waals surface area contributed by atoms with Gasteiger partial charge >= 0.3 is 0 Å². The summed E-state index contributed by atoms with van der Waals surface area (Å²) >= 11 is 0. The molecule has 2 aromatic rings. The molecule has 27 heavy (non-hydrogen) atoms. The van der Waals surface area contributed by atoms with Crippen molar-refractivity contribution in [2.75, 3.05) is 25.6 Å². The molecule has 0 saturated heterocycles. The van der Waals surface area contributed by atoms with Crippen LogP contribution in [0.3, 0.4) is 0 Å². The van der Waals surface area contributed by atoms with Crippen molar-refractivity contribution in [3.05, 3.63) is 59.7 Å². The summed E-state index contributed by atoms with van der Waals surface area (Å²) in [5, 5.41) is 2.82. The maximum atomic E-state index is 12.2. The van der Waals surface area contributed by atoms with Gasteiger partial charge in [0.05, 0.1) is 7.11 Å². The molecule has 0 aliphatic carbocycles. The van der Waals surface area contributed by atoms with E-state index in [0.29, 0.717) is 30.3 Å². The number of nitrogens with one attached hydrogen (secondary N) is 1. The van der Waals surface area contributed by atoms with Gasteiger partial charge in [-0.25, -0.2) is 0 Å². The van der Waals surface area contributed by atoms with Gasteiger partial charge in [-0.1, -0.05) is 45.0 Å². The quantitative estimate of drug-likeness (QED) is 0.725. The second-order valence-electron chi connectivity index (χ2n) is 7.20. The smallest absolute Gasteiger partial charge is 0.248 e. The van der Waals surface area contributed by atoms with E-state index in [0.717, 1.165) is 5.56 Å². The zero-order valence-corrected chi connectivity index (χ0v) is 16.4. The fourth-order valence-electron chi connectivity index (χ4n) is 2.48. The van der Waals surface area contributed by atoms with E-state index in [1.165, 1.54) is 11.6 Å². The Morgan fingerprint density at radius 1 is 1.11 bits per heavy atom. The van der Waals surface area contributed by atoms with Gasteiger partial charge in [-0.2, -0.15) is 0 Å². The van der Waals surface area contributed by atoms with Crippen molar-refractivity contribution in [2.24, 2.45) is 5.73 Å². The lowest BCUT2D eigenvalue weighted by atomic mass is 9.87. The number of ether oxygens (including phenoxy) is 2. The van der Waals surface area contributed by atoms with Gasteiger partial charge < -0.3 is 20.5 Å². The molecule has 2 aromatic carbocycles. The summed E-state index contributed by atoms with van der Waals surface area (Å²) < 4.78 is 10.8. The van der Waals surface area contributed by atoms with Crippen molar-refractivity contribution in [3.8, 4) is 11.5 Å². The SMILES string of the molecule is COc1cc(NC(=O)C=Cc2ccc(C(C)(C)C)cc2)ccc1OCCN. The minimum Gasteiger partial charge on any atom is -0.493 e. The van der Waals surface area contributed by atoms with Crippen LogP contribution in [0.25, 0.3) is 6.08 Å². The molecule has 0 saturated carbocycles. The first-order valence-corrected chi connectivity index (χ1v) is 8.94. The van der Waals surface area contributed by atoms with Crippen LogP contribution in [0.15, 0.2) is 48.5 Å². The fourth-order valence-corrected chi connectivity index (χ4v) is 2.48. The molecule has 0 heterocycles. The first-order valence-electron chi connectivity index (χ1n) is 8.94. The number of anilines is 1. The lowest BCUT2D eigenvalue weighted by Crippen LogP contribution is -2.11. The molecule has 0 bridgehead atoms. The first-order chi connectivity index (χ1) is 12.8. The van der Waals surface area contributed by atoms with Gasteiger partial charge in [0.1, 0.15) is 6.61 Å². The van der Waals surface area contributed by atoms with E-state index in [9.17, 15) is 4.79 Å². The summed E-state index contributed by atoms with van der Waals surface area (Å²) in [6, 6.07) is 13.4. The number of rotatable bonds is 7. The third-order valence-electron chi connectivity index (χ3n) is 4.01. The largest absolute Gasteiger partial charge is 0.493 e. The summed E-state index contributed by atoms with van der Waals surface area (Å²) in [5.74, 6) is 0.922. The molecular weight excluding hydrogens is 340 g/mol. The van der Waals surface area contributed by atoms with Crippen molar-refractivity contribution < 1.29 is 14.3 Å². The van der Waals surface area contributed by atoms with Crippen molar-refractivity contribution in [3.63, 3.8) is 0 Å². The van der Waals surface area contributed by atoms with E-state index in [-0.39, 0.29) is 11.3 Å². The van der Waals surface area contributed by atoms with Crippen molar-refractivity contribution in [1.82, 2.24) is 0 Å². The third-order valence-corrected chi connectivity index (χ3v) is 4.01. The van der Waals surface area contributed by atoms with Gasteiger partial charge in [0.15, 0.2) is 11.5 Å². The number of hydrogen-bond acceptors (Lipinski definition) is 4. The molecule has 0 fully saturated rings. The average molecular weight is 368 g/mol. The number of nitrogens with two attached hydrogens (primary N) is 1. The Morgan fingerprint density at radius 2 is 1.81 bits per heavy atom. The van der Waals surface area contributed by atoms with Crippen molar-refractivity contribution >= 4 is 17.7 Å². The second-order valence-corrected chi connectivity index (χ2v) is 7.20. The Hall–Kier alpha value is -2.79. The molecule has 1 amide bonds. The Kier molecular flexibility index (Phi) is 7.02. The van der Waals surface area contributed by atoms with E-state index in [1.807, 2.05) is 12.1 Å². The van der Waals surface area contributed by atoms with E-state index >= 15 is 0 Å². The van der Waals surface area contributed by atoms with E-state index in [1.54, 1.807) is 31.4 Å². The van der Waals surface area contributed by atoms with Crippen molar-refractivity contribution in [2.45, 2.75) is 26.2 Å². The summed E-state index contributed by atoms with van der Waals surface area (Å²) in [7, 11) is 1.55. The Labute approximate surface area is 161 Å². The highest BCUT2D eigenvalue weighted by Gasteiger charge is 2.12. The molecule has 0 radical (unpaired) electrons. The van der Waals surface area contributed by atoms with Crippen LogP contribution in [-0.2, 0) is 10.2 Å². The molecule has 3 N–H and O–H groups in total. The summed E-state index contributed by atoms with van der Waals surface area (Å²) in [5.41, 5.74) is 8.41. The number of hydrogen-bond donors (Lipinski definition) is 2. The number of carbonyl (C=O) groups excluding carboxylic acids is 1. The van der Waals surface area contributed by atoms with Crippen LogP contribution in [0.5, 0.6) is 11.5 Å². The summed E-state index contributed by atoms with van der Waals surface area (Å²) in [4.78, 5) is 12.2. The normalized spacial score (nSPS) is 11.4. The van der Waals surface area contributed by atoms with Gasteiger partial charge in [-0.05, 0) is 34.8 Å². The molecule has 0 unspecified atom stereocenters. The summed E-state index contributed by atoms with van der Waals surface area (Å²) in [6.45, 7) is 7.34. The van der Waals surface area contributed by atoms with Crippen LogP contribution in [-0.4, -0.2) is 26.2 Å². The van der Waals surface area contributed by atoms with E-state index in [4.69, 9.17) is 15.2 Å². The Bertz CT molecular complexity index is 790. The topological polar surface area (TPSA) is 73.6 Å². The van der Waals surface area contributed by atoms with Gasteiger partial charge in [0, 0.05) is 24.4 Å². The minimum atomic E-state index is -0.215. The second kappa shape index (κ2) is 9.24. The lowest BCUT2D eigenvalue weighted by molar-refractivity contribution is -0.111. The van der Waals surface area contributed by atoms with E-state index < -0.39 is 0 Å². The highest BCUT2D eigenvalue weighted by atomic mass is 16.5. The standard InChI is InChI=1S/C22H28N2O3/c1-22(2,3)17-8-5-16(6-9-17)7-12-21(25)24-18-10-11-19(27-14-13-23)20(15-18)26-4/h5-12,15H,13-14,23H2,1-4H3,(H,24,25). The minimum absolute atomic E-state index is 0.110. The number of carbonyl (C=O) groups is 1. The average Bonchev–Trinajstić information content (AvgIpc) is 2.64. The zero-order chi connectivity index (χ0) is 19.9. The molecular formula is C22H28N2O3. The van der Waals surface area contributed by atoms with Crippen LogP contribution in [0.4, 0.5) is 5.69 Å². The van der Waals surface area contributed by atoms with Gasteiger partial charge in [0.25, 0.3) is 0 Å². The highest BCUT2D eigenvalue weighted by molar-refractivity contribution is 6.02. The molecule has 0 aliphatic heterocycles. The van der Waals surface area contributed by atoms with Crippen LogP contribution in [0, 0.1) is 0 Å². The molecule has 5 nitrogen and oxygen atoms in total. The number of amides is 1. The maximum Gasteiger partial charge on any atom is 0.248 e. The van der Waals surface area contributed by atoms with Gasteiger partial charge in [-0.15, -0.1) is 0 Å². The third kappa shape index (κ3) is 6.15. The van der Waals surface area contributed by atoms with Gasteiger partial charge in [-0.3, -0.25) is 4.79 Å². The monoisotopic (exact) mass is 368 g/mol.